The number of H-pyrrole nitrogens is 1. The number of rotatable bonds is 8. The summed E-state index contributed by atoms with van der Waals surface area (Å²) in [6.07, 6.45) is 1.58. The molecule has 184 valence electrons. The van der Waals surface area contributed by atoms with Crippen LogP contribution in [0.15, 0.2) is 43.4 Å². The van der Waals surface area contributed by atoms with Gasteiger partial charge in [0.25, 0.3) is 11.1 Å². The van der Waals surface area contributed by atoms with Crippen LogP contribution in [0.3, 0.4) is 0 Å². The molecule has 0 aliphatic rings. The highest BCUT2D eigenvalue weighted by Gasteiger charge is 2.19. The topological polar surface area (TPSA) is 143 Å². The van der Waals surface area contributed by atoms with Gasteiger partial charge in [-0.2, -0.15) is 0 Å². The highest BCUT2D eigenvalue weighted by atomic mass is 16.5. The van der Waals surface area contributed by atoms with Crippen molar-refractivity contribution in [2.45, 2.75) is 52.9 Å². The zero-order valence-corrected chi connectivity index (χ0v) is 19.7. The zero-order valence-electron chi connectivity index (χ0n) is 19.7. The molecule has 0 aliphatic heterocycles. The van der Waals surface area contributed by atoms with Crippen molar-refractivity contribution in [1.82, 2.24) is 28.2 Å². The molecule has 0 amide bonds. The largest absolute Gasteiger partial charge is 0.456 e. The van der Waals surface area contributed by atoms with Gasteiger partial charge in [0.05, 0.1) is 10.9 Å². The molecule has 3 heterocycles. The third-order valence-corrected chi connectivity index (χ3v) is 5.94. The number of hydrogen-bond donors (Lipinski definition) is 1. The van der Waals surface area contributed by atoms with Crippen LogP contribution in [-0.4, -0.2) is 34.2 Å². The molecule has 3 aromatic heterocycles. The first-order valence-electron chi connectivity index (χ1n) is 11.3. The molecular formula is C23H26N6O6. The molecule has 0 fully saturated rings. The molecule has 0 bridgehead atoms. The number of unbranched alkanes of at least 4 members (excludes halogenated alkanes) is 1. The minimum atomic E-state index is -0.720. The number of hydrogen-bond acceptors (Lipinski definition) is 7. The van der Waals surface area contributed by atoms with E-state index in [9.17, 15) is 24.0 Å². The Bertz CT molecular complexity index is 1670. The van der Waals surface area contributed by atoms with Crippen LogP contribution in [0.5, 0.6) is 0 Å². The highest BCUT2D eigenvalue weighted by Crippen LogP contribution is 2.12. The number of esters is 1. The van der Waals surface area contributed by atoms with E-state index >= 15 is 0 Å². The molecule has 0 radical (unpaired) electrons. The number of nitrogens with one attached hydrogen (secondary N) is 1. The van der Waals surface area contributed by atoms with Crippen LogP contribution in [-0.2, 0) is 42.8 Å². The number of para-hydroxylation sites is 1. The van der Waals surface area contributed by atoms with Gasteiger partial charge in [0, 0.05) is 20.1 Å². The average molecular weight is 482 g/mol. The Morgan fingerprint density at radius 3 is 2.51 bits per heavy atom. The van der Waals surface area contributed by atoms with Gasteiger partial charge in [-0.1, -0.05) is 25.5 Å². The molecule has 4 aromatic rings. The molecule has 1 N–H and O–H groups in total. The van der Waals surface area contributed by atoms with Crippen molar-refractivity contribution in [1.29, 1.82) is 0 Å². The molecule has 4 rings (SSSR count). The summed E-state index contributed by atoms with van der Waals surface area (Å²) in [6, 6.07) is 6.55. The van der Waals surface area contributed by atoms with E-state index in [0.717, 1.165) is 17.4 Å². The van der Waals surface area contributed by atoms with Gasteiger partial charge in [-0.05, 0) is 25.5 Å². The number of carbonyl (C=O) groups is 1. The van der Waals surface area contributed by atoms with E-state index in [1.54, 1.807) is 38.2 Å². The molecule has 0 aliphatic carbocycles. The first-order chi connectivity index (χ1) is 16.8. The molecule has 0 saturated heterocycles. The third-order valence-electron chi connectivity index (χ3n) is 5.94. The number of fused-ring (bicyclic) bond motifs is 2. The van der Waals surface area contributed by atoms with Gasteiger partial charge in [-0.25, -0.2) is 14.6 Å². The van der Waals surface area contributed by atoms with Crippen molar-refractivity contribution in [2.24, 2.45) is 7.05 Å². The van der Waals surface area contributed by atoms with Crippen LogP contribution in [0.1, 0.15) is 32.5 Å². The summed E-state index contributed by atoms with van der Waals surface area (Å²) in [7, 11) is 1.59. The molecule has 12 nitrogen and oxygen atoms in total. The van der Waals surface area contributed by atoms with Crippen molar-refractivity contribution in [3.8, 4) is 0 Å². The van der Waals surface area contributed by atoms with Gasteiger partial charge in [0.1, 0.15) is 19.0 Å². The van der Waals surface area contributed by atoms with E-state index in [4.69, 9.17) is 4.74 Å². The lowest BCUT2D eigenvalue weighted by Crippen LogP contribution is -2.40. The van der Waals surface area contributed by atoms with Crippen LogP contribution >= 0.6 is 0 Å². The number of ether oxygens (including phenoxy) is 1. The molecule has 0 saturated carbocycles. The highest BCUT2D eigenvalue weighted by molar-refractivity contribution is 5.80. The van der Waals surface area contributed by atoms with Crippen LogP contribution in [0.4, 0.5) is 0 Å². The maximum Gasteiger partial charge on any atom is 0.332 e. The fourth-order valence-corrected chi connectivity index (χ4v) is 4.07. The minimum Gasteiger partial charge on any atom is -0.456 e. The van der Waals surface area contributed by atoms with Crippen LogP contribution in [0.2, 0.25) is 0 Å². The van der Waals surface area contributed by atoms with Crippen molar-refractivity contribution >= 4 is 28.0 Å². The number of imidazole rings is 1. The van der Waals surface area contributed by atoms with E-state index in [1.165, 1.54) is 13.7 Å². The minimum absolute atomic E-state index is 0.158. The van der Waals surface area contributed by atoms with Gasteiger partial charge in [0.2, 0.25) is 0 Å². The van der Waals surface area contributed by atoms with E-state index in [0.29, 0.717) is 17.4 Å². The third kappa shape index (κ3) is 4.22. The lowest BCUT2D eigenvalue weighted by atomic mass is 10.2. The summed E-state index contributed by atoms with van der Waals surface area (Å²) in [5, 5.41) is 0.321. The van der Waals surface area contributed by atoms with Crippen molar-refractivity contribution in [3.05, 3.63) is 71.8 Å². The lowest BCUT2D eigenvalue weighted by molar-refractivity contribution is -0.146. The standard InChI is InChI=1S/C23H26N6O6/c1-4-6-11-28-19-18(20(31)25-22(28)33)26(3)16(24-19)13-35-17(30)12-29-15-10-8-7-9-14(15)21(32)27(5-2)23(29)34/h7-10H,4-6,11-13H2,1-3H3,(H,25,31,33). The van der Waals surface area contributed by atoms with E-state index in [1.807, 2.05) is 6.92 Å². The second-order valence-corrected chi connectivity index (χ2v) is 8.12. The monoisotopic (exact) mass is 482 g/mol. The fraction of sp³-hybridized carbons (Fsp3) is 0.391. The second kappa shape index (κ2) is 9.57. The number of carbonyl (C=O) groups excluding carboxylic acids is 1. The molecule has 1 aromatic carbocycles. The fourth-order valence-electron chi connectivity index (χ4n) is 4.07. The summed E-state index contributed by atoms with van der Waals surface area (Å²) >= 11 is 0. The summed E-state index contributed by atoms with van der Waals surface area (Å²) in [5.74, 6) is -0.451. The predicted molar refractivity (Wildman–Crippen MR) is 128 cm³/mol. The van der Waals surface area contributed by atoms with Crippen molar-refractivity contribution in [3.63, 3.8) is 0 Å². The van der Waals surface area contributed by atoms with Crippen LogP contribution < -0.4 is 22.5 Å². The van der Waals surface area contributed by atoms with Crippen LogP contribution in [0.25, 0.3) is 22.1 Å². The number of nitrogens with zero attached hydrogens (tertiary/aromatic N) is 5. The maximum atomic E-state index is 12.8. The Labute approximate surface area is 198 Å². The Hall–Kier alpha value is -4.22. The van der Waals surface area contributed by atoms with E-state index < -0.39 is 35.0 Å². The molecule has 35 heavy (non-hydrogen) atoms. The Morgan fingerprint density at radius 2 is 1.80 bits per heavy atom. The normalized spacial score (nSPS) is 11.4. The number of benzene rings is 1. The maximum absolute atomic E-state index is 12.8. The SMILES string of the molecule is CCCCn1c(=O)[nH]c(=O)c2c1nc(COC(=O)Cn1c(=O)n(CC)c(=O)c3ccccc31)n2C. The Balaban J connectivity index is 1.64. The second-order valence-electron chi connectivity index (χ2n) is 8.12. The Morgan fingerprint density at radius 1 is 1.06 bits per heavy atom. The van der Waals surface area contributed by atoms with Gasteiger partial charge in [-0.3, -0.25) is 33.1 Å². The lowest BCUT2D eigenvalue weighted by Gasteiger charge is -2.12. The number of aromatic amines is 1. The summed E-state index contributed by atoms with van der Waals surface area (Å²) in [6.45, 7) is 3.52. The number of aryl methyl sites for hydroxylation is 2. The van der Waals surface area contributed by atoms with Crippen LogP contribution in [0, 0.1) is 0 Å². The summed E-state index contributed by atoms with van der Waals surface area (Å²) in [5.41, 5.74) is -1.40. The molecular weight excluding hydrogens is 456 g/mol. The Kier molecular flexibility index (Phi) is 6.54. The molecule has 0 unspecified atom stereocenters. The van der Waals surface area contributed by atoms with Crippen molar-refractivity contribution < 1.29 is 9.53 Å². The van der Waals surface area contributed by atoms with Gasteiger partial charge < -0.3 is 9.30 Å². The summed E-state index contributed by atoms with van der Waals surface area (Å²) in [4.78, 5) is 69.5. The first-order valence-corrected chi connectivity index (χ1v) is 11.3. The predicted octanol–water partition coefficient (Wildman–Crippen LogP) is 0.463. The van der Waals surface area contributed by atoms with Gasteiger partial charge >= 0.3 is 17.3 Å². The van der Waals surface area contributed by atoms with E-state index in [-0.39, 0.29) is 30.1 Å². The first kappa shape index (κ1) is 23.9. The smallest absolute Gasteiger partial charge is 0.332 e. The number of aromatic nitrogens is 6. The van der Waals surface area contributed by atoms with E-state index in [2.05, 4.69) is 9.97 Å². The molecule has 0 spiro atoms. The van der Waals surface area contributed by atoms with Crippen molar-refractivity contribution in [2.75, 3.05) is 0 Å². The quantitative estimate of drug-likeness (QED) is 0.360. The van der Waals surface area contributed by atoms with Gasteiger partial charge in [-0.15, -0.1) is 0 Å². The summed E-state index contributed by atoms with van der Waals surface area (Å²) < 4.78 is 10.5. The molecule has 0 atom stereocenters. The average Bonchev–Trinajstić information content (AvgIpc) is 3.17. The van der Waals surface area contributed by atoms with Gasteiger partial charge in [0.15, 0.2) is 11.2 Å². The molecule has 12 heteroatoms. The zero-order chi connectivity index (χ0) is 25.3.